The highest BCUT2D eigenvalue weighted by Gasteiger charge is 2.72. The third kappa shape index (κ3) is 8.67. The van der Waals surface area contributed by atoms with Gasteiger partial charge < -0.3 is 20.8 Å². The average Bonchev–Trinajstić information content (AvgIpc) is 3.09. The highest BCUT2D eigenvalue weighted by molar-refractivity contribution is 7.91. The van der Waals surface area contributed by atoms with Gasteiger partial charge in [0.25, 0.3) is 5.91 Å². The monoisotopic (exact) mass is 820 g/mol. The SMILES string of the molecule is CCC(C)(C)C(=O)c1cc(C(c2ccc(C(=O)O)c(C(=O)Nc3ccc(S(=O)(=O)c4ccc(NC(C)(C)C)cc4)cc3)c2)(C(F)(F)F)C(F)(F)F)ccc1C(=O)O. The molecule has 0 saturated heterocycles. The van der Waals surface area contributed by atoms with Crippen LogP contribution in [0, 0.1) is 5.41 Å². The highest BCUT2D eigenvalue weighted by atomic mass is 32.2. The quantitative estimate of drug-likeness (QED) is 0.0804. The van der Waals surface area contributed by atoms with E-state index in [2.05, 4.69) is 10.6 Å². The standard InChI is InChI=1S/C40H38F6N2O8S/c1-7-37(5,6)32(49)30-20-22(8-18-28(30)34(51)52)38(39(41,42)43,40(44,45)46)23-9-19-29(35(53)54)31(21-23)33(50)47-24-10-14-26(15-11-24)57(55,56)27-16-12-25(13-17-27)48-36(2,3)4/h8-21,48H,7H2,1-6H3,(H,47,50)(H,51,52)(H,53,54). The minimum atomic E-state index is -6.28. The van der Waals surface area contributed by atoms with Gasteiger partial charge in [-0.15, -0.1) is 0 Å². The van der Waals surface area contributed by atoms with Crippen LogP contribution in [-0.4, -0.2) is 60.2 Å². The Bertz CT molecular complexity index is 2320. The van der Waals surface area contributed by atoms with Crippen molar-refractivity contribution in [1.82, 2.24) is 0 Å². The Hall–Kier alpha value is -5.71. The van der Waals surface area contributed by atoms with E-state index in [0.717, 1.165) is 24.3 Å². The lowest BCUT2D eigenvalue weighted by molar-refractivity contribution is -0.288. The predicted octanol–water partition coefficient (Wildman–Crippen LogP) is 9.41. The molecule has 4 N–H and O–H groups in total. The lowest BCUT2D eigenvalue weighted by atomic mass is 9.70. The van der Waals surface area contributed by atoms with Crippen molar-refractivity contribution in [3.63, 3.8) is 0 Å². The number of amides is 1. The maximum absolute atomic E-state index is 15.2. The maximum Gasteiger partial charge on any atom is 0.411 e. The molecule has 0 aliphatic rings. The van der Waals surface area contributed by atoms with Crippen LogP contribution in [0.1, 0.15) is 101 Å². The summed E-state index contributed by atoms with van der Waals surface area (Å²) in [5, 5.41) is 24.9. The number of sulfone groups is 1. The Balaban J connectivity index is 1.83. The van der Waals surface area contributed by atoms with Crippen LogP contribution in [0.3, 0.4) is 0 Å². The molecule has 0 unspecified atom stereocenters. The van der Waals surface area contributed by atoms with Gasteiger partial charge in [0.2, 0.25) is 15.3 Å². The van der Waals surface area contributed by atoms with Crippen molar-refractivity contribution in [3.05, 3.63) is 118 Å². The van der Waals surface area contributed by atoms with Gasteiger partial charge in [0.15, 0.2) is 5.78 Å². The van der Waals surface area contributed by atoms with E-state index in [1.807, 2.05) is 20.8 Å². The van der Waals surface area contributed by atoms with Gasteiger partial charge in [-0.25, -0.2) is 18.0 Å². The van der Waals surface area contributed by atoms with Gasteiger partial charge >= 0.3 is 24.3 Å². The number of hydrogen-bond acceptors (Lipinski definition) is 7. The molecule has 0 atom stereocenters. The zero-order chi connectivity index (χ0) is 43.1. The number of aromatic carboxylic acids is 2. The van der Waals surface area contributed by atoms with E-state index in [4.69, 9.17) is 0 Å². The number of carboxylic acids is 2. The number of carbonyl (C=O) groups is 4. The summed E-state index contributed by atoms with van der Waals surface area (Å²) in [6.45, 7) is 9.91. The van der Waals surface area contributed by atoms with E-state index in [1.165, 1.54) is 32.9 Å². The smallest absolute Gasteiger partial charge is 0.411 e. The van der Waals surface area contributed by atoms with Crippen molar-refractivity contribution >= 4 is 44.8 Å². The minimum absolute atomic E-state index is 0.0377. The first-order valence-electron chi connectivity index (χ1n) is 17.1. The number of nitrogens with one attached hydrogen (secondary N) is 2. The summed E-state index contributed by atoms with van der Waals surface area (Å²) in [5.74, 6) is -6.19. The number of benzene rings is 4. The Kier molecular flexibility index (Phi) is 11.8. The van der Waals surface area contributed by atoms with Gasteiger partial charge in [0.1, 0.15) is 0 Å². The van der Waals surface area contributed by atoms with Crippen LogP contribution in [0.5, 0.6) is 0 Å². The average molecular weight is 821 g/mol. The topological polar surface area (TPSA) is 167 Å². The number of halogens is 6. The van der Waals surface area contributed by atoms with Crippen molar-refractivity contribution < 1.29 is 64.2 Å². The van der Waals surface area contributed by atoms with Gasteiger partial charge in [0.05, 0.1) is 26.5 Å². The molecule has 4 aromatic rings. The molecule has 0 saturated carbocycles. The van der Waals surface area contributed by atoms with Crippen LogP contribution in [-0.2, 0) is 15.3 Å². The third-order valence-corrected chi connectivity index (χ3v) is 11.1. The van der Waals surface area contributed by atoms with E-state index in [0.29, 0.717) is 17.8 Å². The fraction of sp³-hybridized carbons (Fsp3) is 0.300. The van der Waals surface area contributed by atoms with Crippen LogP contribution in [0.4, 0.5) is 37.7 Å². The fourth-order valence-corrected chi connectivity index (χ4v) is 7.27. The molecule has 17 heteroatoms. The molecule has 0 heterocycles. The second-order valence-corrected chi connectivity index (χ2v) is 16.8. The molecule has 0 bridgehead atoms. The summed E-state index contributed by atoms with van der Waals surface area (Å²) < 4.78 is 118. The van der Waals surface area contributed by atoms with E-state index in [1.54, 1.807) is 12.1 Å². The number of Topliss-reactive ketones (excluding diaryl/α,β-unsaturated/α-hetero) is 1. The zero-order valence-corrected chi connectivity index (χ0v) is 32.1. The van der Waals surface area contributed by atoms with E-state index >= 15 is 26.3 Å². The van der Waals surface area contributed by atoms with Crippen LogP contribution >= 0.6 is 0 Å². The summed E-state index contributed by atoms with van der Waals surface area (Å²) in [6, 6.07) is 11.8. The molecule has 0 spiro atoms. The molecule has 0 radical (unpaired) electrons. The molecule has 0 aromatic heterocycles. The summed E-state index contributed by atoms with van der Waals surface area (Å²) in [5.41, 5.74) is -13.5. The van der Waals surface area contributed by atoms with Crippen molar-refractivity contribution in [1.29, 1.82) is 0 Å². The Labute approximate surface area is 323 Å². The number of anilines is 2. The van der Waals surface area contributed by atoms with E-state index < -0.39 is 90.0 Å². The van der Waals surface area contributed by atoms with Crippen molar-refractivity contribution in [2.45, 2.75) is 81.1 Å². The minimum Gasteiger partial charge on any atom is -0.478 e. The van der Waals surface area contributed by atoms with Crippen molar-refractivity contribution in [2.75, 3.05) is 10.6 Å². The van der Waals surface area contributed by atoms with Crippen LogP contribution in [0.2, 0.25) is 0 Å². The maximum atomic E-state index is 15.2. The van der Waals surface area contributed by atoms with Crippen LogP contribution in [0.25, 0.3) is 0 Å². The lowest BCUT2D eigenvalue weighted by Crippen LogP contribution is -2.55. The van der Waals surface area contributed by atoms with E-state index in [-0.39, 0.29) is 51.7 Å². The molecular weight excluding hydrogens is 783 g/mol. The largest absolute Gasteiger partial charge is 0.478 e. The number of rotatable bonds is 12. The first kappa shape index (κ1) is 44.0. The number of hydrogen-bond donors (Lipinski definition) is 4. The highest BCUT2D eigenvalue weighted by Crippen LogP contribution is 2.57. The first-order valence-corrected chi connectivity index (χ1v) is 18.6. The molecule has 0 aliphatic carbocycles. The Morgan fingerprint density at radius 1 is 0.596 bits per heavy atom. The van der Waals surface area contributed by atoms with Crippen molar-refractivity contribution in [2.24, 2.45) is 5.41 Å². The molecule has 0 aliphatic heterocycles. The molecule has 0 fully saturated rings. The first-order chi connectivity index (χ1) is 26.1. The molecule has 10 nitrogen and oxygen atoms in total. The van der Waals surface area contributed by atoms with Crippen LogP contribution < -0.4 is 10.6 Å². The fourth-order valence-electron chi connectivity index (χ4n) is 6.01. The molecule has 1 amide bonds. The number of alkyl halides is 6. The summed E-state index contributed by atoms with van der Waals surface area (Å²) >= 11 is 0. The predicted molar refractivity (Wildman–Crippen MR) is 198 cm³/mol. The number of carboxylic acid groups (broad SMARTS) is 2. The molecule has 57 heavy (non-hydrogen) atoms. The lowest BCUT2D eigenvalue weighted by Gasteiger charge is -2.39. The molecular formula is C40H38F6N2O8S. The van der Waals surface area contributed by atoms with Crippen molar-refractivity contribution in [3.8, 4) is 0 Å². The second kappa shape index (κ2) is 15.3. The summed E-state index contributed by atoms with van der Waals surface area (Å²) in [7, 11) is -4.10. The second-order valence-electron chi connectivity index (χ2n) is 14.8. The van der Waals surface area contributed by atoms with Gasteiger partial charge in [-0.3, -0.25) is 9.59 Å². The summed E-state index contributed by atoms with van der Waals surface area (Å²) in [6.07, 6.45) is -12.5. The van der Waals surface area contributed by atoms with E-state index in [9.17, 15) is 37.8 Å². The Morgan fingerprint density at radius 3 is 1.39 bits per heavy atom. The van der Waals surface area contributed by atoms with Crippen LogP contribution in [0.15, 0.2) is 94.7 Å². The van der Waals surface area contributed by atoms with Gasteiger partial charge in [-0.2, -0.15) is 26.3 Å². The third-order valence-electron chi connectivity index (χ3n) is 9.31. The summed E-state index contributed by atoms with van der Waals surface area (Å²) in [4.78, 5) is 50.7. The molecule has 4 aromatic carbocycles. The number of ketones is 1. The number of carbonyl (C=O) groups excluding carboxylic acids is 2. The molecule has 304 valence electrons. The van der Waals surface area contributed by atoms with Gasteiger partial charge in [-0.05, 0) is 111 Å². The molecule has 4 rings (SSSR count). The van der Waals surface area contributed by atoms with Gasteiger partial charge in [-0.1, -0.05) is 32.9 Å². The zero-order valence-electron chi connectivity index (χ0n) is 31.3. The Morgan fingerprint density at radius 2 is 1.00 bits per heavy atom. The van der Waals surface area contributed by atoms with Gasteiger partial charge in [0, 0.05) is 27.9 Å². The normalized spacial score (nSPS) is 12.8.